The summed E-state index contributed by atoms with van der Waals surface area (Å²) < 4.78 is 28.8. The highest BCUT2D eigenvalue weighted by atomic mass is 19.3. The fraction of sp³-hybridized carbons (Fsp3) is 0.130. The summed E-state index contributed by atoms with van der Waals surface area (Å²) in [6.07, 6.45) is 0. The molecular formula is C23H20F2N2O3. The molecule has 30 heavy (non-hydrogen) atoms. The summed E-state index contributed by atoms with van der Waals surface area (Å²) >= 11 is 0. The van der Waals surface area contributed by atoms with Gasteiger partial charge in [-0.05, 0) is 41.0 Å². The molecule has 2 amide bonds. The molecule has 154 valence electrons. The van der Waals surface area contributed by atoms with Crippen LogP contribution in [0.3, 0.4) is 0 Å². The Bertz CT molecular complexity index is 993. The van der Waals surface area contributed by atoms with Gasteiger partial charge in [-0.15, -0.1) is 0 Å². The predicted octanol–water partition coefficient (Wildman–Crippen LogP) is 4.00. The number of carbonyl (C=O) groups is 2. The number of rotatable bonds is 8. The van der Waals surface area contributed by atoms with Gasteiger partial charge >= 0.3 is 6.61 Å². The van der Waals surface area contributed by atoms with Crippen molar-refractivity contribution in [3.8, 4) is 16.9 Å². The van der Waals surface area contributed by atoms with Gasteiger partial charge in [0.15, 0.2) is 0 Å². The van der Waals surface area contributed by atoms with Gasteiger partial charge in [0, 0.05) is 12.1 Å². The van der Waals surface area contributed by atoms with Gasteiger partial charge in [-0.3, -0.25) is 9.59 Å². The minimum Gasteiger partial charge on any atom is -0.435 e. The lowest BCUT2D eigenvalue weighted by atomic mass is 10.0. The number of ether oxygens (including phenoxy) is 1. The van der Waals surface area contributed by atoms with E-state index in [2.05, 4.69) is 15.4 Å². The number of benzene rings is 3. The van der Waals surface area contributed by atoms with Crippen LogP contribution in [-0.4, -0.2) is 25.0 Å². The van der Waals surface area contributed by atoms with Crippen LogP contribution in [0.4, 0.5) is 8.78 Å². The molecule has 0 saturated heterocycles. The van der Waals surface area contributed by atoms with Crippen LogP contribution in [0.2, 0.25) is 0 Å². The van der Waals surface area contributed by atoms with Gasteiger partial charge in [0.1, 0.15) is 5.75 Å². The minimum absolute atomic E-state index is 0.0176. The quantitative estimate of drug-likeness (QED) is 0.590. The number of alkyl halides is 2. The lowest BCUT2D eigenvalue weighted by Gasteiger charge is -2.09. The van der Waals surface area contributed by atoms with Crippen molar-refractivity contribution in [2.45, 2.75) is 13.2 Å². The Morgan fingerprint density at radius 3 is 2.23 bits per heavy atom. The fourth-order valence-corrected chi connectivity index (χ4v) is 2.80. The lowest BCUT2D eigenvalue weighted by molar-refractivity contribution is -0.120. The van der Waals surface area contributed by atoms with E-state index in [1.807, 2.05) is 42.5 Å². The van der Waals surface area contributed by atoms with Gasteiger partial charge in [0.05, 0.1) is 6.54 Å². The van der Waals surface area contributed by atoms with Crippen molar-refractivity contribution in [1.82, 2.24) is 10.6 Å². The topological polar surface area (TPSA) is 67.4 Å². The molecule has 3 rings (SSSR count). The van der Waals surface area contributed by atoms with Crippen molar-refractivity contribution in [2.75, 3.05) is 6.54 Å². The van der Waals surface area contributed by atoms with Gasteiger partial charge in [-0.2, -0.15) is 8.78 Å². The Kier molecular flexibility index (Phi) is 7.10. The third-order valence-corrected chi connectivity index (χ3v) is 4.28. The van der Waals surface area contributed by atoms with Crippen LogP contribution < -0.4 is 15.4 Å². The van der Waals surface area contributed by atoms with E-state index < -0.39 is 12.5 Å². The molecule has 0 spiro atoms. The van der Waals surface area contributed by atoms with E-state index in [1.54, 1.807) is 24.3 Å². The lowest BCUT2D eigenvalue weighted by Crippen LogP contribution is -2.36. The van der Waals surface area contributed by atoms with Gasteiger partial charge < -0.3 is 15.4 Å². The first-order valence-electron chi connectivity index (χ1n) is 9.25. The van der Waals surface area contributed by atoms with Crippen LogP contribution in [0.15, 0.2) is 78.9 Å². The van der Waals surface area contributed by atoms with Crippen molar-refractivity contribution in [3.63, 3.8) is 0 Å². The van der Waals surface area contributed by atoms with E-state index in [0.717, 1.165) is 11.1 Å². The molecule has 3 aromatic carbocycles. The molecule has 0 aromatic heterocycles. The number of hydrogen-bond donors (Lipinski definition) is 2. The van der Waals surface area contributed by atoms with E-state index in [9.17, 15) is 18.4 Å². The summed E-state index contributed by atoms with van der Waals surface area (Å²) in [4.78, 5) is 24.2. The van der Waals surface area contributed by atoms with Crippen LogP contribution >= 0.6 is 0 Å². The van der Waals surface area contributed by atoms with E-state index >= 15 is 0 Å². The molecule has 3 aromatic rings. The minimum atomic E-state index is -2.91. The second-order valence-corrected chi connectivity index (χ2v) is 6.43. The zero-order valence-corrected chi connectivity index (χ0v) is 16.0. The van der Waals surface area contributed by atoms with Gasteiger partial charge in [-0.1, -0.05) is 54.6 Å². The summed E-state index contributed by atoms with van der Waals surface area (Å²) in [5, 5.41) is 5.18. The van der Waals surface area contributed by atoms with Crippen molar-refractivity contribution in [1.29, 1.82) is 0 Å². The second kappa shape index (κ2) is 10.2. The molecule has 0 saturated carbocycles. The molecule has 2 N–H and O–H groups in total. The molecule has 7 heteroatoms. The maximum Gasteiger partial charge on any atom is 0.387 e. The predicted molar refractivity (Wildman–Crippen MR) is 109 cm³/mol. The molecule has 0 aliphatic heterocycles. The maximum atomic E-state index is 12.3. The second-order valence-electron chi connectivity index (χ2n) is 6.43. The Hall–Kier alpha value is -3.74. The number of halogens is 2. The molecule has 0 aliphatic carbocycles. The smallest absolute Gasteiger partial charge is 0.387 e. The normalized spacial score (nSPS) is 10.5. The summed E-state index contributed by atoms with van der Waals surface area (Å²) in [5.41, 5.74) is 3.08. The third-order valence-electron chi connectivity index (χ3n) is 4.28. The van der Waals surface area contributed by atoms with Crippen LogP contribution in [-0.2, 0) is 11.3 Å². The van der Waals surface area contributed by atoms with E-state index in [1.165, 1.54) is 12.1 Å². The fourth-order valence-electron chi connectivity index (χ4n) is 2.80. The first kappa shape index (κ1) is 21.0. The van der Waals surface area contributed by atoms with Crippen LogP contribution in [0, 0.1) is 0 Å². The van der Waals surface area contributed by atoms with E-state index in [-0.39, 0.29) is 24.7 Å². The van der Waals surface area contributed by atoms with Crippen LogP contribution in [0.25, 0.3) is 11.1 Å². The maximum absolute atomic E-state index is 12.3. The molecule has 0 unspecified atom stereocenters. The SMILES string of the molecule is O=C(CNC(=O)c1ccc(-c2ccccc2)cc1)NCc1cccc(OC(F)F)c1. The van der Waals surface area contributed by atoms with Gasteiger partial charge in [0.25, 0.3) is 5.91 Å². The monoisotopic (exact) mass is 410 g/mol. The molecule has 5 nitrogen and oxygen atoms in total. The molecule has 0 bridgehead atoms. The van der Waals surface area contributed by atoms with Crippen LogP contribution in [0.1, 0.15) is 15.9 Å². The summed E-state index contributed by atoms with van der Waals surface area (Å²) in [6, 6.07) is 22.9. The highest BCUT2D eigenvalue weighted by Gasteiger charge is 2.09. The first-order valence-corrected chi connectivity index (χ1v) is 9.25. The number of nitrogens with one attached hydrogen (secondary N) is 2. The van der Waals surface area contributed by atoms with Crippen molar-refractivity contribution in [3.05, 3.63) is 90.0 Å². The molecule has 0 atom stereocenters. The molecule has 0 fully saturated rings. The number of carbonyl (C=O) groups excluding carboxylic acids is 2. The Balaban J connectivity index is 1.47. The van der Waals surface area contributed by atoms with Gasteiger partial charge in [-0.25, -0.2) is 0 Å². The Morgan fingerprint density at radius 2 is 1.53 bits per heavy atom. The highest BCUT2D eigenvalue weighted by Crippen LogP contribution is 2.19. The third kappa shape index (κ3) is 6.13. The molecule has 0 radical (unpaired) electrons. The standard InChI is InChI=1S/C23H20F2N2O3/c24-23(25)30-20-8-4-5-16(13-20)14-26-21(28)15-27-22(29)19-11-9-18(10-12-19)17-6-2-1-3-7-17/h1-13,23H,14-15H2,(H,26,28)(H,27,29). The average molecular weight is 410 g/mol. The van der Waals surface area contributed by atoms with Crippen LogP contribution in [0.5, 0.6) is 5.75 Å². The van der Waals surface area contributed by atoms with E-state index in [4.69, 9.17) is 0 Å². The molecule has 0 heterocycles. The zero-order valence-electron chi connectivity index (χ0n) is 16.0. The zero-order chi connectivity index (χ0) is 21.3. The van der Waals surface area contributed by atoms with Crippen molar-refractivity contribution in [2.24, 2.45) is 0 Å². The summed E-state index contributed by atoms with van der Waals surface area (Å²) in [6.45, 7) is -2.99. The summed E-state index contributed by atoms with van der Waals surface area (Å²) in [7, 11) is 0. The first-order chi connectivity index (χ1) is 14.5. The Morgan fingerprint density at radius 1 is 0.833 bits per heavy atom. The van der Waals surface area contributed by atoms with Crippen molar-refractivity contribution >= 4 is 11.8 Å². The largest absolute Gasteiger partial charge is 0.435 e. The van der Waals surface area contributed by atoms with E-state index in [0.29, 0.717) is 11.1 Å². The van der Waals surface area contributed by atoms with Crippen molar-refractivity contribution < 1.29 is 23.1 Å². The number of hydrogen-bond acceptors (Lipinski definition) is 3. The Labute approximate surface area is 172 Å². The molecule has 0 aliphatic rings. The summed E-state index contributed by atoms with van der Waals surface area (Å²) in [5.74, 6) is -0.745. The number of amides is 2. The highest BCUT2D eigenvalue weighted by molar-refractivity contribution is 5.96. The van der Waals surface area contributed by atoms with Gasteiger partial charge in [0.2, 0.25) is 5.91 Å². The molecular weight excluding hydrogens is 390 g/mol. The average Bonchev–Trinajstić information content (AvgIpc) is 2.76.